The second kappa shape index (κ2) is 5.54. The average Bonchev–Trinajstić information content (AvgIpc) is 2.49. The number of aromatic nitrogens is 1. The third-order valence-electron chi connectivity index (χ3n) is 3.94. The third kappa shape index (κ3) is 2.34. The maximum Gasteiger partial charge on any atom is 0.195 e. The van der Waals surface area contributed by atoms with Crippen molar-refractivity contribution in [1.82, 2.24) is 4.98 Å². The number of anilines is 1. The molecular weight excluding hydrogens is 277 g/mol. The highest BCUT2D eigenvalue weighted by atomic mass is 19.2. The van der Waals surface area contributed by atoms with Gasteiger partial charge in [-0.1, -0.05) is 6.92 Å². The van der Waals surface area contributed by atoms with Crippen LogP contribution in [0.4, 0.5) is 18.9 Å². The molecule has 0 unspecified atom stereocenters. The Morgan fingerprint density at radius 1 is 1.14 bits per heavy atom. The van der Waals surface area contributed by atoms with Crippen LogP contribution < -0.4 is 5.32 Å². The molecule has 1 N–H and O–H groups in total. The monoisotopic (exact) mass is 294 g/mol. The highest BCUT2D eigenvalue weighted by Gasteiger charge is 2.23. The lowest BCUT2D eigenvalue weighted by Crippen LogP contribution is -2.13. The quantitative estimate of drug-likeness (QED) is 0.851. The number of aryl methyl sites for hydroxylation is 1. The summed E-state index contributed by atoms with van der Waals surface area (Å²) < 4.78 is 41.3. The Morgan fingerprint density at radius 3 is 2.67 bits per heavy atom. The fourth-order valence-corrected chi connectivity index (χ4v) is 2.93. The molecule has 2 nitrogen and oxygen atoms in total. The molecule has 0 atom stereocenters. The maximum atomic E-state index is 14.2. The van der Waals surface area contributed by atoms with Crippen LogP contribution in [0.25, 0.3) is 10.9 Å². The molecular formula is C16H17F3N2. The second-order valence-corrected chi connectivity index (χ2v) is 5.43. The molecule has 0 aliphatic heterocycles. The van der Waals surface area contributed by atoms with Crippen LogP contribution in [0.15, 0.2) is 6.07 Å². The number of nitrogens with one attached hydrogen (secondary N) is 1. The lowest BCUT2D eigenvalue weighted by Gasteiger charge is -2.22. The molecule has 0 saturated carbocycles. The first-order chi connectivity index (χ1) is 10.1. The Morgan fingerprint density at radius 2 is 1.90 bits per heavy atom. The molecule has 0 radical (unpaired) electrons. The zero-order valence-electron chi connectivity index (χ0n) is 11.9. The van der Waals surface area contributed by atoms with Crippen molar-refractivity contribution < 1.29 is 13.2 Å². The third-order valence-corrected chi connectivity index (χ3v) is 3.94. The van der Waals surface area contributed by atoms with Gasteiger partial charge in [-0.05, 0) is 37.7 Å². The van der Waals surface area contributed by atoms with E-state index in [0.717, 1.165) is 49.4 Å². The van der Waals surface area contributed by atoms with Gasteiger partial charge in [-0.3, -0.25) is 4.98 Å². The van der Waals surface area contributed by atoms with Gasteiger partial charge in [0.1, 0.15) is 0 Å². The van der Waals surface area contributed by atoms with Crippen molar-refractivity contribution >= 4 is 16.6 Å². The predicted molar refractivity (Wildman–Crippen MR) is 77.0 cm³/mol. The number of rotatable bonds is 3. The predicted octanol–water partition coefficient (Wildman–Crippen LogP) is 4.35. The first-order valence-electron chi connectivity index (χ1n) is 7.36. The van der Waals surface area contributed by atoms with Gasteiger partial charge in [0, 0.05) is 18.3 Å². The summed E-state index contributed by atoms with van der Waals surface area (Å²) in [5.74, 6) is -3.77. The van der Waals surface area contributed by atoms with Gasteiger partial charge in [-0.15, -0.1) is 0 Å². The van der Waals surface area contributed by atoms with E-state index < -0.39 is 17.5 Å². The minimum Gasteiger partial charge on any atom is -0.384 e. The van der Waals surface area contributed by atoms with E-state index in [2.05, 4.69) is 10.3 Å². The lowest BCUT2D eigenvalue weighted by atomic mass is 9.92. The van der Waals surface area contributed by atoms with Crippen molar-refractivity contribution in [3.63, 3.8) is 0 Å². The van der Waals surface area contributed by atoms with Crippen molar-refractivity contribution in [3.8, 4) is 0 Å². The summed E-state index contributed by atoms with van der Waals surface area (Å²) in [6.45, 7) is 2.66. The zero-order chi connectivity index (χ0) is 15.0. The average molecular weight is 294 g/mol. The molecule has 1 aromatic heterocycles. The SMILES string of the molecule is CCCNc1c2c(nc3cc(F)c(F)c(F)c13)CCCC2. The minimum absolute atomic E-state index is 0.0722. The van der Waals surface area contributed by atoms with Crippen molar-refractivity contribution in [1.29, 1.82) is 0 Å². The summed E-state index contributed by atoms with van der Waals surface area (Å²) in [7, 11) is 0. The number of hydrogen-bond donors (Lipinski definition) is 1. The molecule has 21 heavy (non-hydrogen) atoms. The maximum absolute atomic E-state index is 14.2. The first kappa shape index (κ1) is 14.2. The van der Waals surface area contributed by atoms with Gasteiger partial charge in [0.05, 0.1) is 16.6 Å². The van der Waals surface area contributed by atoms with E-state index in [1.807, 2.05) is 6.92 Å². The normalized spacial score (nSPS) is 14.3. The number of fused-ring (bicyclic) bond motifs is 2. The van der Waals surface area contributed by atoms with Gasteiger partial charge in [0.15, 0.2) is 17.5 Å². The molecule has 112 valence electrons. The summed E-state index contributed by atoms with van der Waals surface area (Å²) in [5.41, 5.74) is 2.60. The molecule has 1 aromatic carbocycles. The Balaban J connectivity index is 2.32. The van der Waals surface area contributed by atoms with Crippen molar-refractivity contribution in [2.24, 2.45) is 0 Å². The van der Waals surface area contributed by atoms with Gasteiger partial charge in [-0.2, -0.15) is 0 Å². The smallest absolute Gasteiger partial charge is 0.195 e. The summed E-state index contributed by atoms with van der Waals surface area (Å²) in [4.78, 5) is 4.36. The molecule has 0 amide bonds. The van der Waals surface area contributed by atoms with Crippen molar-refractivity contribution in [3.05, 3.63) is 34.8 Å². The fraction of sp³-hybridized carbons (Fsp3) is 0.438. The highest BCUT2D eigenvalue weighted by molar-refractivity contribution is 5.94. The lowest BCUT2D eigenvalue weighted by molar-refractivity contribution is 0.453. The Labute approximate surface area is 121 Å². The summed E-state index contributed by atoms with van der Waals surface area (Å²) in [5, 5.41) is 3.26. The van der Waals surface area contributed by atoms with E-state index in [1.54, 1.807) is 0 Å². The van der Waals surface area contributed by atoms with E-state index in [1.165, 1.54) is 0 Å². The van der Waals surface area contributed by atoms with Crippen LogP contribution in [0, 0.1) is 17.5 Å². The Bertz CT molecular complexity index is 698. The van der Waals surface area contributed by atoms with E-state index >= 15 is 0 Å². The topological polar surface area (TPSA) is 24.9 Å². The summed E-state index contributed by atoms with van der Waals surface area (Å²) >= 11 is 0. The van der Waals surface area contributed by atoms with Crippen LogP contribution in [0.3, 0.4) is 0 Å². The molecule has 1 heterocycles. The van der Waals surface area contributed by atoms with Gasteiger partial charge >= 0.3 is 0 Å². The minimum atomic E-state index is -1.43. The molecule has 2 aromatic rings. The van der Waals surface area contributed by atoms with Crippen LogP contribution in [0.5, 0.6) is 0 Å². The molecule has 0 spiro atoms. The molecule has 1 aliphatic carbocycles. The first-order valence-corrected chi connectivity index (χ1v) is 7.36. The fourth-order valence-electron chi connectivity index (χ4n) is 2.93. The van der Waals surface area contributed by atoms with E-state index in [4.69, 9.17) is 0 Å². The van der Waals surface area contributed by atoms with Gasteiger partial charge < -0.3 is 5.32 Å². The second-order valence-electron chi connectivity index (χ2n) is 5.43. The van der Waals surface area contributed by atoms with E-state index in [-0.39, 0.29) is 10.9 Å². The summed E-state index contributed by atoms with van der Waals surface area (Å²) in [6, 6.07) is 0.986. The van der Waals surface area contributed by atoms with E-state index in [0.29, 0.717) is 12.2 Å². The van der Waals surface area contributed by atoms with Crippen LogP contribution in [-0.4, -0.2) is 11.5 Å². The van der Waals surface area contributed by atoms with Crippen LogP contribution in [0.2, 0.25) is 0 Å². The van der Waals surface area contributed by atoms with Crippen LogP contribution in [-0.2, 0) is 12.8 Å². The zero-order valence-corrected chi connectivity index (χ0v) is 11.9. The Hall–Kier alpha value is -1.78. The molecule has 1 aliphatic rings. The standard InChI is InChI=1S/C16H17F3N2/c1-2-7-20-16-9-5-3-4-6-11(9)21-12-8-10(17)14(18)15(19)13(12)16/h8H,2-7H2,1H3,(H,20,21). The van der Waals surface area contributed by atoms with Crippen molar-refractivity contribution in [2.75, 3.05) is 11.9 Å². The van der Waals surface area contributed by atoms with Gasteiger partial charge in [0.2, 0.25) is 0 Å². The molecule has 0 fully saturated rings. The van der Waals surface area contributed by atoms with E-state index in [9.17, 15) is 13.2 Å². The number of halogens is 3. The largest absolute Gasteiger partial charge is 0.384 e. The molecule has 5 heteroatoms. The van der Waals surface area contributed by atoms with Gasteiger partial charge in [0.25, 0.3) is 0 Å². The summed E-state index contributed by atoms with van der Waals surface area (Å²) in [6.07, 6.45) is 4.48. The molecule has 0 bridgehead atoms. The number of benzene rings is 1. The highest BCUT2D eigenvalue weighted by Crippen LogP contribution is 2.36. The number of nitrogens with zero attached hydrogens (tertiary/aromatic N) is 1. The molecule has 0 saturated heterocycles. The van der Waals surface area contributed by atoms with Crippen molar-refractivity contribution in [2.45, 2.75) is 39.0 Å². The Kier molecular flexibility index (Phi) is 3.74. The molecule has 3 rings (SSSR count). The van der Waals surface area contributed by atoms with Crippen LogP contribution >= 0.6 is 0 Å². The number of hydrogen-bond acceptors (Lipinski definition) is 2. The number of pyridine rings is 1. The van der Waals surface area contributed by atoms with Crippen LogP contribution in [0.1, 0.15) is 37.4 Å². The van der Waals surface area contributed by atoms with Gasteiger partial charge in [-0.25, -0.2) is 13.2 Å².